The third-order valence-electron chi connectivity index (χ3n) is 6.80. The molecule has 0 aliphatic carbocycles. The van der Waals surface area contributed by atoms with Crippen molar-refractivity contribution >= 4 is 17.7 Å². The largest absolute Gasteiger partial charge is 0.480 e. The molecule has 0 aliphatic heterocycles. The highest BCUT2D eigenvalue weighted by Crippen LogP contribution is 1.99. The van der Waals surface area contributed by atoms with Crippen LogP contribution >= 0.6 is 0 Å². The van der Waals surface area contributed by atoms with Gasteiger partial charge in [-0.25, -0.2) is 0 Å². The van der Waals surface area contributed by atoms with E-state index >= 15 is 0 Å². The van der Waals surface area contributed by atoms with Crippen LogP contribution in [0.3, 0.4) is 0 Å². The lowest BCUT2D eigenvalue weighted by molar-refractivity contribution is -0.138. The van der Waals surface area contributed by atoms with Gasteiger partial charge in [0, 0.05) is 85.0 Å². The molecule has 0 aromatic heterocycles. The van der Waals surface area contributed by atoms with E-state index in [0.717, 1.165) is 0 Å². The molecular formula is C31H66N8O10. The second-order valence-electron chi connectivity index (χ2n) is 11.0. The van der Waals surface area contributed by atoms with Gasteiger partial charge in [0.15, 0.2) is 0 Å². The van der Waals surface area contributed by atoms with Crippen LogP contribution in [0.25, 0.3) is 0 Å². The topological polar surface area (TPSA) is 253 Å². The van der Waals surface area contributed by atoms with E-state index in [4.69, 9.17) is 51.4 Å². The maximum Gasteiger partial charge on any atom is 0.317 e. The number of ether oxygens (including phenoxy) is 6. The molecule has 0 radical (unpaired) electrons. The van der Waals surface area contributed by atoms with Crippen molar-refractivity contribution in [2.45, 2.75) is 12.8 Å². The number of carbonyl (C=O) groups excluding carboxylic acids is 2. The SMILES string of the molecule is NCCOCCN(CCOCCN)CC(=O)CCCOCCN(CCOCCNC(=O)CN(CCOCCN)CCOCCN)CC(=O)O. The van der Waals surface area contributed by atoms with Gasteiger partial charge in [0.25, 0.3) is 0 Å². The van der Waals surface area contributed by atoms with Gasteiger partial charge < -0.3 is 61.8 Å². The first-order valence-corrected chi connectivity index (χ1v) is 17.3. The van der Waals surface area contributed by atoms with Crippen molar-refractivity contribution < 1.29 is 47.9 Å². The maximum absolute atomic E-state index is 12.5. The van der Waals surface area contributed by atoms with Crippen LogP contribution in [0, 0.1) is 0 Å². The monoisotopic (exact) mass is 710 g/mol. The number of Topliss-reactive ketones (excluding diaryl/α,β-unsaturated/α-hetero) is 1. The third-order valence-corrected chi connectivity index (χ3v) is 6.80. The van der Waals surface area contributed by atoms with Crippen molar-refractivity contribution in [1.82, 2.24) is 20.0 Å². The van der Waals surface area contributed by atoms with E-state index in [-0.39, 0.29) is 31.4 Å². The number of nitrogens with zero attached hydrogens (tertiary/aromatic N) is 3. The molecule has 290 valence electrons. The summed E-state index contributed by atoms with van der Waals surface area (Å²) in [5.41, 5.74) is 21.8. The minimum absolute atomic E-state index is 0.0975. The van der Waals surface area contributed by atoms with Gasteiger partial charge in [-0.05, 0) is 6.42 Å². The number of carboxylic acids is 1. The number of carboxylic acid groups (broad SMARTS) is 1. The molecule has 0 saturated heterocycles. The molecule has 0 aromatic rings. The van der Waals surface area contributed by atoms with E-state index < -0.39 is 5.97 Å². The molecule has 0 rings (SSSR count). The van der Waals surface area contributed by atoms with Gasteiger partial charge in [-0.1, -0.05) is 0 Å². The molecule has 0 heterocycles. The molecule has 0 fully saturated rings. The highest BCUT2D eigenvalue weighted by molar-refractivity contribution is 5.80. The van der Waals surface area contributed by atoms with Crippen LogP contribution < -0.4 is 28.3 Å². The Morgan fingerprint density at radius 3 is 1.27 bits per heavy atom. The van der Waals surface area contributed by atoms with Crippen molar-refractivity contribution in [3.63, 3.8) is 0 Å². The first-order chi connectivity index (χ1) is 23.9. The molecular weight excluding hydrogens is 644 g/mol. The highest BCUT2D eigenvalue weighted by Gasteiger charge is 2.13. The van der Waals surface area contributed by atoms with E-state index in [0.29, 0.717) is 164 Å². The first kappa shape index (κ1) is 47.1. The number of nitrogens with one attached hydrogen (secondary N) is 1. The van der Waals surface area contributed by atoms with Crippen LogP contribution in [0.2, 0.25) is 0 Å². The third kappa shape index (κ3) is 33.0. The van der Waals surface area contributed by atoms with E-state index in [1.807, 2.05) is 9.80 Å². The predicted octanol–water partition coefficient (Wildman–Crippen LogP) is -3.62. The summed E-state index contributed by atoms with van der Waals surface area (Å²) in [5, 5.41) is 12.1. The van der Waals surface area contributed by atoms with E-state index in [2.05, 4.69) is 5.32 Å². The zero-order valence-corrected chi connectivity index (χ0v) is 29.6. The fraction of sp³-hybridized carbons (Fsp3) is 0.903. The van der Waals surface area contributed by atoms with Crippen LogP contribution in [0.1, 0.15) is 12.8 Å². The van der Waals surface area contributed by atoms with Crippen molar-refractivity contribution in [2.75, 3.05) is 171 Å². The summed E-state index contributed by atoms with van der Waals surface area (Å²) in [6, 6.07) is 0. The Bertz CT molecular complexity index is 713. The molecule has 0 aromatic carbocycles. The quantitative estimate of drug-likeness (QED) is 0.0337. The smallest absolute Gasteiger partial charge is 0.317 e. The van der Waals surface area contributed by atoms with Crippen molar-refractivity contribution in [1.29, 1.82) is 0 Å². The maximum atomic E-state index is 12.5. The van der Waals surface area contributed by atoms with E-state index in [1.54, 1.807) is 4.90 Å². The van der Waals surface area contributed by atoms with Gasteiger partial charge in [-0.15, -0.1) is 0 Å². The van der Waals surface area contributed by atoms with Crippen LogP contribution in [-0.4, -0.2) is 208 Å². The highest BCUT2D eigenvalue weighted by atomic mass is 16.5. The second-order valence-corrected chi connectivity index (χ2v) is 11.0. The Morgan fingerprint density at radius 1 is 0.490 bits per heavy atom. The fourth-order valence-electron chi connectivity index (χ4n) is 4.33. The molecule has 0 bridgehead atoms. The molecule has 10 N–H and O–H groups in total. The lowest BCUT2D eigenvalue weighted by atomic mass is 10.2. The lowest BCUT2D eigenvalue weighted by Gasteiger charge is -2.22. The number of amides is 1. The number of hydrogen-bond donors (Lipinski definition) is 6. The fourth-order valence-corrected chi connectivity index (χ4v) is 4.33. The van der Waals surface area contributed by atoms with Gasteiger partial charge in [0.05, 0.1) is 92.3 Å². The van der Waals surface area contributed by atoms with Crippen molar-refractivity contribution in [3.8, 4) is 0 Å². The summed E-state index contributed by atoms with van der Waals surface area (Å²) < 4.78 is 33.1. The Hall–Kier alpha value is -1.91. The van der Waals surface area contributed by atoms with Crippen LogP contribution in [0.5, 0.6) is 0 Å². The Morgan fingerprint density at radius 2 is 0.857 bits per heavy atom. The van der Waals surface area contributed by atoms with E-state index in [9.17, 15) is 19.5 Å². The van der Waals surface area contributed by atoms with Gasteiger partial charge in [-0.2, -0.15) is 0 Å². The first-order valence-electron chi connectivity index (χ1n) is 17.3. The van der Waals surface area contributed by atoms with Crippen molar-refractivity contribution in [2.24, 2.45) is 22.9 Å². The number of rotatable bonds is 39. The van der Waals surface area contributed by atoms with Gasteiger partial charge in [-0.3, -0.25) is 29.1 Å². The Labute approximate surface area is 292 Å². The summed E-state index contributed by atoms with van der Waals surface area (Å²) in [7, 11) is 0. The predicted molar refractivity (Wildman–Crippen MR) is 185 cm³/mol. The number of carbonyl (C=O) groups is 3. The number of aliphatic carboxylic acids is 1. The molecule has 0 spiro atoms. The Balaban J connectivity index is 4.26. The zero-order chi connectivity index (χ0) is 36.2. The summed E-state index contributed by atoms with van der Waals surface area (Å²) in [5.74, 6) is -0.998. The van der Waals surface area contributed by atoms with E-state index in [1.165, 1.54) is 0 Å². The number of hydrogen-bond acceptors (Lipinski definition) is 16. The van der Waals surface area contributed by atoms with Crippen LogP contribution in [-0.2, 0) is 42.8 Å². The molecule has 0 aliphatic rings. The van der Waals surface area contributed by atoms with Crippen LogP contribution in [0.15, 0.2) is 0 Å². The average molecular weight is 711 g/mol. The minimum atomic E-state index is -0.948. The summed E-state index contributed by atoms with van der Waals surface area (Å²) in [6.07, 6.45) is 0.938. The molecule has 1 amide bonds. The second kappa shape index (κ2) is 35.9. The zero-order valence-electron chi connectivity index (χ0n) is 29.6. The molecule has 0 atom stereocenters. The normalized spacial score (nSPS) is 11.7. The average Bonchev–Trinajstić information content (AvgIpc) is 3.07. The standard InChI is InChI=1S/C31H66N8O10/c32-3-15-45-21-8-37(9-22-46-16-4-33)26-29(40)2-1-14-44-20-12-39(28-31(42)43)13-25-49-19-7-36-30(41)27-38(10-23-47-17-5-34)11-24-48-18-6-35/h1-28,32-35H2,(H,36,41)(H,42,43). The molecule has 18 heteroatoms. The molecule has 18 nitrogen and oxygen atoms in total. The number of nitrogens with two attached hydrogens (primary N) is 4. The summed E-state index contributed by atoms with van der Waals surface area (Å²) in [6.45, 7) is 10.6. The number of ketones is 1. The molecule has 0 unspecified atom stereocenters. The van der Waals surface area contributed by atoms with Gasteiger partial charge in [0.2, 0.25) is 5.91 Å². The summed E-state index contributed by atoms with van der Waals surface area (Å²) >= 11 is 0. The van der Waals surface area contributed by atoms with Gasteiger partial charge >= 0.3 is 5.97 Å². The molecule has 0 saturated carbocycles. The van der Waals surface area contributed by atoms with Crippen LogP contribution in [0.4, 0.5) is 0 Å². The lowest BCUT2D eigenvalue weighted by Crippen LogP contribution is -2.41. The minimum Gasteiger partial charge on any atom is -0.480 e. The van der Waals surface area contributed by atoms with Gasteiger partial charge in [0.1, 0.15) is 5.78 Å². The molecule has 49 heavy (non-hydrogen) atoms. The summed E-state index contributed by atoms with van der Waals surface area (Å²) in [4.78, 5) is 42.0. The Kier molecular flexibility index (Phi) is 34.5. The van der Waals surface area contributed by atoms with Crippen molar-refractivity contribution in [3.05, 3.63) is 0 Å².